The Morgan fingerprint density at radius 1 is 1.50 bits per heavy atom. The van der Waals surface area contributed by atoms with Gasteiger partial charge in [-0.1, -0.05) is 17.7 Å². The average molecular weight is 203 g/mol. The third-order valence-electron chi connectivity index (χ3n) is 1.64. The summed E-state index contributed by atoms with van der Waals surface area (Å²) in [6.07, 6.45) is 0. The highest BCUT2D eigenvalue weighted by Gasteiger charge is 2.04. The van der Waals surface area contributed by atoms with Gasteiger partial charge in [-0.2, -0.15) is 12.6 Å². The van der Waals surface area contributed by atoms with E-state index >= 15 is 0 Å². The van der Waals surface area contributed by atoms with Crippen LogP contribution in [0, 0.1) is 0 Å². The number of nitrogens with two attached hydrogens (primary N) is 2. The van der Waals surface area contributed by atoms with Crippen LogP contribution in [0.15, 0.2) is 18.2 Å². The Hall–Kier alpha value is -0.380. The van der Waals surface area contributed by atoms with Gasteiger partial charge in [0.1, 0.15) is 0 Å². The summed E-state index contributed by atoms with van der Waals surface area (Å²) >= 11 is 9.83. The number of hydrogen-bond donors (Lipinski definition) is 3. The van der Waals surface area contributed by atoms with Crippen LogP contribution in [0.1, 0.15) is 11.6 Å². The van der Waals surface area contributed by atoms with Gasteiger partial charge in [-0.05, 0) is 17.7 Å². The first kappa shape index (κ1) is 9.71. The third-order valence-corrected chi connectivity index (χ3v) is 2.38. The second kappa shape index (κ2) is 4.03. The Morgan fingerprint density at radius 3 is 2.67 bits per heavy atom. The Kier molecular flexibility index (Phi) is 3.26. The predicted octanol–water partition coefficient (Wildman–Crippen LogP) is 1.85. The van der Waals surface area contributed by atoms with Crippen molar-refractivity contribution in [1.82, 2.24) is 0 Å². The van der Waals surface area contributed by atoms with Crippen molar-refractivity contribution in [3.63, 3.8) is 0 Å². The van der Waals surface area contributed by atoms with E-state index in [-0.39, 0.29) is 6.04 Å². The molecule has 0 heterocycles. The smallest absolute Gasteiger partial charge is 0.0635 e. The van der Waals surface area contributed by atoms with Crippen LogP contribution in [0.3, 0.4) is 0 Å². The molecule has 0 aliphatic carbocycles. The molecule has 0 spiro atoms. The van der Waals surface area contributed by atoms with E-state index in [2.05, 4.69) is 12.6 Å². The van der Waals surface area contributed by atoms with Gasteiger partial charge in [0.25, 0.3) is 0 Å². The van der Waals surface area contributed by atoms with Gasteiger partial charge in [0.05, 0.1) is 10.7 Å². The second-order valence-electron chi connectivity index (χ2n) is 2.57. The lowest BCUT2D eigenvalue weighted by molar-refractivity contribution is 0.835. The molecule has 0 amide bonds. The van der Waals surface area contributed by atoms with Crippen molar-refractivity contribution in [2.24, 2.45) is 5.73 Å². The molecule has 12 heavy (non-hydrogen) atoms. The number of benzene rings is 1. The van der Waals surface area contributed by atoms with Crippen molar-refractivity contribution in [1.29, 1.82) is 0 Å². The minimum Gasteiger partial charge on any atom is -0.398 e. The van der Waals surface area contributed by atoms with Gasteiger partial charge in [-0.25, -0.2) is 0 Å². The zero-order valence-corrected chi connectivity index (χ0v) is 8.15. The molecule has 0 aromatic heterocycles. The van der Waals surface area contributed by atoms with E-state index in [0.717, 1.165) is 5.56 Å². The molecular weight excluding hydrogens is 192 g/mol. The summed E-state index contributed by atoms with van der Waals surface area (Å²) in [7, 11) is 0. The van der Waals surface area contributed by atoms with Crippen molar-refractivity contribution in [3.05, 3.63) is 28.8 Å². The number of halogens is 1. The van der Waals surface area contributed by atoms with E-state index in [4.69, 9.17) is 23.1 Å². The van der Waals surface area contributed by atoms with Crippen molar-refractivity contribution in [2.75, 3.05) is 11.5 Å². The van der Waals surface area contributed by atoms with Crippen molar-refractivity contribution in [3.8, 4) is 0 Å². The maximum absolute atomic E-state index is 5.74. The average Bonchev–Trinajstić information content (AvgIpc) is 2.08. The number of nitrogen functional groups attached to an aromatic ring is 1. The van der Waals surface area contributed by atoms with E-state index < -0.39 is 0 Å². The standard InChI is InChI=1S/C8H11ClN2S/c9-6-2-1-5(3-7(6)10)8(11)4-12/h1-3,8,12H,4,10-11H2. The van der Waals surface area contributed by atoms with Crippen LogP contribution >= 0.6 is 24.2 Å². The highest BCUT2D eigenvalue weighted by Crippen LogP contribution is 2.22. The Balaban J connectivity index is 2.96. The highest BCUT2D eigenvalue weighted by atomic mass is 35.5. The lowest BCUT2D eigenvalue weighted by Gasteiger charge is -2.09. The van der Waals surface area contributed by atoms with Crippen LogP contribution in [0.25, 0.3) is 0 Å². The Labute approximate surface area is 82.3 Å². The zero-order valence-electron chi connectivity index (χ0n) is 6.50. The normalized spacial score (nSPS) is 12.9. The van der Waals surface area contributed by atoms with Gasteiger partial charge in [0.2, 0.25) is 0 Å². The second-order valence-corrected chi connectivity index (χ2v) is 3.34. The fraction of sp³-hybridized carbons (Fsp3) is 0.250. The summed E-state index contributed by atoms with van der Waals surface area (Å²) < 4.78 is 0. The van der Waals surface area contributed by atoms with E-state index in [1.54, 1.807) is 12.1 Å². The third kappa shape index (κ3) is 2.06. The van der Waals surface area contributed by atoms with Crippen LogP contribution in [-0.4, -0.2) is 5.75 Å². The zero-order chi connectivity index (χ0) is 9.14. The van der Waals surface area contributed by atoms with Crippen LogP contribution in [0.2, 0.25) is 5.02 Å². The molecule has 4 heteroatoms. The van der Waals surface area contributed by atoms with Crippen molar-refractivity contribution >= 4 is 29.9 Å². The number of rotatable bonds is 2. The van der Waals surface area contributed by atoms with Gasteiger partial charge in [0.15, 0.2) is 0 Å². The van der Waals surface area contributed by atoms with Gasteiger partial charge in [-0.15, -0.1) is 0 Å². The van der Waals surface area contributed by atoms with Crippen LogP contribution in [0.4, 0.5) is 5.69 Å². The first-order chi connectivity index (χ1) is 5.65. The topological polar surface area (TPSA) is 52.0 Å². The van der Waals surface area contributed by atoms with Gasteiger partial charge in [-0.3, -0.25) is 0 Å². The van der Waals surface area contributed by atoms with E-state index in [0.29, 0.717) is 16.5 Å². The van der Waals surface area contributed by atoms with Crippen LogP contribution in [0.5, 0.6) is 0 Å². The molecule has 0 aliphatic heterocycles. The molecule has 0 fully saturated rings. The lowest BCUT2D eigenvalue weighted by atomic mass is 10.1. The van der Waals surface area contributed by atoms with Gasteiger partial charge < -0.3 is 11.5 Å². The molecule has 1 aromatic carbocycles. The summed E-state index contributed by atoms with van der Waals surface area (Å²) in [6, 6.07) is 5.31. The molecule has 1 atom stereocenters. The SMILES string of the molecule is Nc1cc(C(N)CS)ccc1Cl. The summed E-state index contributed by atoms with van der Waals surface area (Å²) in [6.45, 7) is 0. The first-order valence-corrected chi connectivity index (χ1v) is 4.57. The molecule has 1 aromatic rings. The maximum Gasteiger partial charge on any atom is 0.0635 e. The van der Waals surface area contributed by atoms with Crippen molar-refractivity contribution < 1.29 is 0 Å². The lowest BCUT2D eigenvalue weighted by Crippen LogP contribution is -2.11. The molecule has 2 nitrogen and oxygen atoms in total. The minimum absolute atomic E-state index is 0.0760. The Bertz CT molecular complexity index is 278. The summed E-state index contributed by atoms with van der Waals surface area (Å²) in [4.78, 5) is 0. The maximum atomic E-state index is 5.74. The van der Waals surface area contributed by atoms with Crippen molar-refractivity contribution in [2.45, 2.75) is 6.04 Å². The molecule has 0 bridgehead atoms. The molecule has 0 saturated carbocycles. The molecular formula is C8H11ClN2S. The molecule has 4 N–H and O–H groups in total. The fourth-order valence-corrected chi connectivity index (χ4v) is 1.23. The summed E-state index contributed by atoms with van der Waals surface area (Å²) in [5.74, 6) is 0.598. The monoisotopic (exact) mass is 202 g/mol. The van der Waals surface area contributed by atoms with Crippen LogP contribution < -0.4 is 11.5 Å². The van der Waals surface area contributed by atoms with Gasteiger partial charge in [0, 0.05) is 11.8 Å². The van der Waals surface area contributed by atoms with E-state index in [1.807, 2.05) is 6.07 Å². The molecule has 66 valence electrons. The first-order valence-electron chi connectivity index (χ1n) is 3.56. The molecule has 0 radical (unpaired) electrons. The Morgan fingerprint density at radius 2 is 2.17 bits per heavy atom. The van der Waals surface area contributed by atoms with Crippen LogP contribution in [-0.2, 0) is 0 Å². The molecule has 1 rings (SSSR count). The largest absolute Gasteiger partial charge is 0.398 e. The number of anilines is 1. The molecule has 0 aliphatic rings. The number of thiol groups is 1. The quantitative estimate of drug-likeness (QED) is 0.507. The fourth-order valence-electron chi connectivity index (χ4n) is 0.898. The summed E-state index contributed by atoms with van der Waals surface area (Å²) in [5.41, 5.74) is 12.9. The highest BCUT2D eigenvalue weighted by molar-refractivity contribution is 7.80. The van der Waals surface area contributed by atoms with E-state index in [9.17, 15) is 0 Å². The number of hydrogen-bond acceptors (Lipinski definition) is 3. The predicted molar refractivity (Wildman–Crippen MR) is 56.6 cm³/mol. The van der Waals surface area contributed by atoms with Gasteiger partial charge >= 0.3 is 0 Å². The summed E-state index contributed by atoms with van der Waals surface area (Å²) in [5, 5.41) is 0.560. The molecule has 1 unspecified atom stereocenters. The molecule has 0 saturated heterocycles. The minimum atomic E-state index is -0.0760. The van der Waals surface area contributed by atoms with E-state index in [1.165, 1.54) is 0 Å².